The Bertz CT molecular complexity index is 349. The molecule has 3 rings (SSSR count). The van der Waals surface area contributed by atoms with Crippen LogP contribution in [-0.2, 0) is 13.0 Å². The molecule has 2 aliphatic heterocycles. The van der Waals surface area contributed by atoms with E-state index < -0.39 is 0 Å². The van der Waals surface area contributed by atoms with Crippen molar-refractivity contribution in [1.29, 1.82) is 0 Å². The van der Waals surface area contributed by atoms with E-state index in [1.807, 2.05) is 0 Å². The fourth-order valence-corrected chi connectivity index (χ4v) is 2.97. The van der Waals surface area contributed by atoms with Gasteiger partial charge in [-0.05, 0) is 50.3 Å². The Balaban J connectivity index is 1.85. The average Bonchev–Trinajstić information content (AvgIpc) is 2.73. The lowest BCUT2D eigenvalue weighted by Gasteiger charge is -2.28. The van der Waals surface area contributed by atoms with Crippen LogP contribution in [0.15, 0.2) is 12.3 Å². The summed E-state index contributed by atoms with van der Waals surface area (Å²) in [6.45, 7) is 2.18. The van der Waals surface area contributed by atoms with Gasteiger partial charge in [-0.15, -0.1) is 0 Å². The van der Waals surface area contributed by atoms with Crippen molar-refractivity contribution in [2.45, 2.75) is 50.8 Å². The molecule has 3 nitrogen and oxygen atoms in total. The molecule has 1 saturated heterocycles. The van der Waals surface area contributed by atoms with Gasteiger partial charge in [0.1, 0.15) is 0 Å². The van der Waals surface area contributed by atoms with E-state index in [-0.39, 0.29) is 12.1 Å². The number of hydrogen-bond donors (Lipinski definition) is 2. The summed E-state index contributed by atoms with van der Waals surface area (Å²) in [6.07, 6.45) is 7.84. The third-order valence-corrected chi connectivity index (χ3v) is 3.87. The van der Waals surface area contributed by atoms with E-state index in [0.29, 0.717) is 0 Å². The summed E-state index contributed by atoms with van der Waals surface area (Å²) in [5.41, 5.74) is 2.73. The van der Waals surface area contributed by atoms with Gasteiger partial charge >= 0.3 is 0 Å². The number of hydrogen-bond acceptors (Lipinski definition) is 2. The Morgan fingerprint density at radius 3 is 3.06 bits per heavy atom. The van der Waals surface area contributed by atoms with Crippen LogP contribution in [0.1, 0.15) is 43.0 Å². The summed E-state index contributed by atoms with van der Waals surface area (Å²) < 4.78 is 2.36. The van der Waals surface area contributed by atoms with Gasteiger partial charge in [0, 0.05) is 18.4 Å². The van der Waals surface area contributed by atoms with Crippen LogP contribution >= 0.6 is 0 Å². The van der Waals surface area contributed by atoms with Crippen LogP contribution in [0.25, 0.3) is 0 Å². The molecule has 1 fully saturated rings. The Kier molecular flexibility index (Phi) is 2.74. The van der Waals surface area contributed by atoms with Gasteiger partial charge in [-0.2, -0.15) is 0 Å². The van der Waals surface area contributed by atoms with Crippen LogP contribution in [0.5, 0.6) is 0 Å². The van der Waals surface area contributed by atoms with Gasteiger partial charge < -0.3 is 15.0 Å². The Morgan fingerprint density at radius 1 is 1.31 bits per heavy atom. The second-order valence-electron chi connectivity index (χ2n) is 5.06. The molecule has 88 valence electrons. The Labute approximate surface area is 96.5 Å². The first-order valence-corrected chi connectivity index (χ1v) is 6.45. The zero-order valence-electron chi connectivity index (χ0n) is 9.65. The lowest BCUT2D eigenvalue weighted by molar-refractivity contribution is 0.0965. The zero-order chi connectivity index (χ0) is 11.0. The molecule has 2 N–H and O–H groups in total. The van der Waals surface area contributed by atoms with Crippen molar-refractivity contribution in [3.8, 4) is 0 Å². The smallest absolute Gasteiger partial charge is 0.0735 e. The summed E-state index contributed by atoms with van der Waals surface area (Å²) in [4.78, 5) is 0. The van der Waals surface area contributed by atoms with E-state index in [4.69, 9.17) is 0 Å². The van der Waals surface area contributed by atoms with Gasteiger partial charge in [-0.3, -0.25) is 0 Å². The maximum atomic E-state index is 10.0. The summed E-state index contributed by atoms with van der Waals surface area (Å²) in [6, 6.07) is 2.44. The molecule has 0 saturated carbocycles. The molecule has 3 heteroatoms. The number of fused-ring (bicyclic) bond motifs is 1. The summed E-state index contributed by atoms with van der Waals surface area (Å²) in [5, 5.41) is 13.4. The highest BCUT2D eigenvalue weighted by atomic mass is 16.3. The first-order valence-electron chi connectivity index (χ1n) is 6.45. The van der Waals surface area contributed by atoms with Gasteiger partial charge in [-0.25, -0.2) is 0 Å². The molecule has 3 heterocycles. The highest BCUT2D eigenvalue weighted by Crippen LogP contribution is 2.27. The van der Waals surface area contributed by atoms with Crippen molar-refractivity contribution in [2.24, 2.45) is 0 Å². The molecule has 2 aliphatic rings. The largest absolute Gasteiger partial charge is 0.391 e. The number of aryl methyl sites for hydroxylation is 2. The van der Waals surface area contributed by atoms with E-state index in [1.54, 1.807) is 0 Å². The molecular formula is C13H20N2O. The lowest BCUT2D eigenvalue weighted by Crippen LogP contribution is -2.37. The molecule has 16 heavy (non-hydrogen) atoms. The van der Waals surface area contributed by atoms with Crippen molar-refractivity contribution in [3.05, 3.63) is 23.5 Å². The minimum absolute atomic E-state index is 0.159. The number of aromatic nitrogens is 1. The fraction of sp³-hybridized carbons (Fsp3) is 0.692. The van der Waals surface area contributed by atoms with E-state index in [9.17, 15) is 5.11 Å². The minimum Gasteiger partial charge on any atom is -0.391 e. The number of aliphatic hydroxyl groups is 1. The van der Waals surface area contributed by atoms with E-state index >= 15 is 0 Å². The standard InChI is InChI=1S/C13H20N2O/c16-12-5-3-6-14-13(12)10-8-11-4-1-2-7-15(11)9-10/h8-9,12-14,16H,1-7H2. The van der Waals surface area contributed by atoms with Crippen LogP contribution < -0.4 is 5.32 Å². The third-order valence-electron chi connectivity index (χ3n) is 3.87. The lowest BCUT2D eigenvalue weighted by atomic mass is 9.96. The van der Waals surface area contributed by atoms with Gasteiger partial charge in [-0.1, -0.05) is 0 Å². The molecule has 1 aromatic rings. The quantitative estimate of drug-likeness (QED) is 0.754. The third kappa shape index (κ3) is 1.78. The van der Waals surface area contributed by atoms with Gasteiger partial charge in [0.15, 0.2) is 0 Å². The predicted molar refractivity (Wildman–Crippen MR) is 63.4 cm³/mol. The van der Waals surface area contributed by atoms with Gasteiger partial charge in [0.05, 0.1) is 12.1 Å². The van der Waals surface area contributed by atoms with Crippen LogP contribution in [0, 0.1) is 0 Å². The van der Waals surface area contributed by atoms with Crippen molar-refractivity contribution >= 4 is 0 Å². The molecule has 0 amide bonds. The summed E-state index contributed by atoms with van der Waals surface area (Å²) in [7, 11) is 0. The van der Waals surface area contributed by atoms with Crippen LogP contribution in [0.3, 0.4) is 0 Å². The Morgan fingerprint density at radius 2 is 2.25 bits per heavy atom. The maximum absolute atomic E-state index is 10.0. The molecule has 0 aromatic carbocycles. The predicted octanol–water partition coefficient (Wildman–Crippen LogP) is 1.61. The highest BCUT2D eigenvalue weighted by molar-refractivity contribution is 5.24. The first-order chi connectivity index (χ1) is 7.84. The molecular weight excluding hydrogens is 200 g/mol. The molecule has 2 unspecified atom stereocenters. The van der Waals surface area contributed by atoms with E-state index in [1.165, 1.54) is 30.5 Å². The number of piperidine rings is 1. The highest BCUT2D eigenvalue weighted by Gasteiger charge is 2.26. The van der Waals surface area contributed by atoms with Gasteiger partial charge in [0.2, 0.25) is 0 Å². The van der Waals surface area contributed by atoms with E-state index in [2.05, 4.69) is 22.1 Å². The number of nitrogens with one attached hydrogen (secondary N) is 1. The first kappa shape index (κ1) is 10.4. The second-order valence-corrected chi connectivity index (χ2v) is 5.06. The van der Waals surface area contributed by atoms with E-state index in [0.717, 1.165) is 25.9 Å². The minimum atomic E-state index is -0.210. The molecule has 0 spiro atoms. The van der Waals surface area contributed by atoms with Crippen LogP contribution in [0.4, 0.5) is 0 Å². The normalized spacial score (nSPS) is 30.1. The maximum Gasteiger partial charge on any atom is 0.0735 e. The number of aliphatic hydroxyl groups excluding tert-OH is 1. The molecule has 2 atom stereocenters. The molecule has 0 aliphatic carbocycles. The van der Waals surface area contributed by atoms with Crippen LogP contribution in [-0.4, -0.2) is 22.3 Å². The number of nitrogens with zero attached hydrogens (tertiary/aromatic N) is 1. The molecule has 0 bridgehead atoms. The monoisotopic (exact) mass is 220 g/mol. The molecule has 1 aromatic heterocycles. The fourth-order valence-electron chi connectivity index (χ4n) is 2.97. The van der Waals surface area contributed by atoms with Gasteiger partial charge in [0.25, 0.3) is 0 Å². The summed E-state index contributed by atoms with van der Waals surface area (Å²) >= 11 is 0. The zero-order valence-corrected chi connectivity index (χ0v) is 9.65. The topological polar surface area (TPSA) is 37.2 Å². The SMILES string of the molecule is OC1CCCNC1c1cc2n(c1)CCCC2. The average molecular weight is 220 g/mol. The van der Waals surface area contributed by atoms with Crippen molar-refractivity contribution in [1.82, 2.24) is 9.88 Å². The number of rotatable bonds is 1. The Hall–Kier alpha value is -0.800. The van der Waals surface area contributed by atoms with Crippen molar-refractivity contribution in [2.75, 3.05) is 6.54 Å². The van der Waals surface area contributed by atoms with Crippen molar-refractivity contribution < 1.29 is 5.11 Å². The van der Waals surface area contributed by atoms with Crippen LogP contribution in [0.2, 0.25) is 0 Å². The summed E-state index contributed by atoms with van der Waals surface area (Å²) in [5.74, 6) is 0. The molecule has 0 radical (unpaired) electrons. The second kappa shape index (κ2) is 4.22. The van der Waals surface area contributed by atoms with Crippen molar-refractivity contribution in [3.63, 3.8) is 0 Å².